The molecule has 6 heteroatoms. The summed E-state index contributed by atoms with van der Waals surface area (Å²) in [7, 11) is 0. The molecule has 1 aliphatic heterocycles. The third-order valence-corrected chi connectivity index (χ3v) is 3.21. The average molecular weight is 310 g/mol. The first-order chi connectivity index (χ1) is 11.1. The molecule has 1 amide bonds. The van der Waals surface area contributed by atoms with E-state index in [1.54, 1.807) is 48.5 Å². The van der Waals surface area contributed by atoms with E-state index >= 15 is 0 Å². The molecule has 0 atom stereocenters. The van der Waals surface area contributed by atoms with Gasteiger partial charge in [0, 0.05) is 5.56 Å². The normalized spacial score (nSPS) is 12.8. The van der Waals surface area contributed by atoms with E-state index in [0.717, 1.165) is 0 Å². The third-order valence-electron chi connectivity index (χ3n) is 3.21. The second-order valence-corrected chi connectivity index (χ2v) is 4.78. The van der Waals surface area contributed by atoms with E-state index in [-0.39, 0.29) is 12.5 Å². The monoisotopic (exact) mass is 310 g/mol. The van der Waals surface area contributed by atoms with Crippen LogP contribution in [0.4, 0.5) is 0 Å². The number of rotatable bonds is 4. The van der Waals surface area contributed by atoms with Gasteiger partial charge in [0.05, 0.1) is 11.7 Å². The van der Waals surface area contributed by atoms with Gasteiger partial charge in [0.15, 0.2) is 11.5 Å². The van der Waals surface area contributed by atoms with Gasteiger partial charge in [0.1, 0.15) is 0 Å². The number of amides is 1. The van der Waals surface area contributed by atoms with Gasteiger partial charge in [-0.2, -0.15) is 0 Å². The fraction of sp³-hybridized carbons (Fsp3) is 0.0588. The van der Waals surface area contributed by atoms with Crippen LogP contribution in [0.25, 0.3) is 6.08 Å². The summed E-state index contributed by atoms with van der Waals surface area (Å²) in [5, 5.41) is 13.6. The Balaban J connectivity index is 1.84. The van der Waals surface area contributed by atoms with Gasteiger partial charge in [-0.05, 0) is 35.9 Å². The molecule has 1 aliphatic rings. The summed E-state index contributed by atoms with van der Waals surface area (Å²) in [6.45, 7) is 0.126. The quantitative estimate of drug-likeness (QED) is 0.849. The summed E-state index contributed by atoms with van der Waals surface area (Å²) in [6, 6.07) is 13.3. The summed E-state index contributed by atoms with van der Waals surface area (Å²) in [5.41, 5.74) is 0.560. The Morgan fingerprint density at radius 1 is 1.04 bits per heavy atom. The molecule has 6 nitrogen and oxygen atoms in total. The van der Waals surface area contributed by atoms with Crippen molar-refractivity contribution < 1.29 is 24.2 Å². The summed E-state index contributed by atoms with van der Waals surface area (Å²) >= 11 is 0. The van der Waals surface area contributed by atoms with Crippen LogP contribution in [0, 0.1) is 0 Å². The molecule has 23 heavy (non-hydrogen) atoms. The summed E-state index contributed by atoms with van der Waals surface area (Å²) in [5.74, 6) is -0.898. The van der Waals surface area contributed by atoms with Gasteiger partial charge in [-0.25, -0.2) is 0 Å². The molecule has 116 valence electrons. The Morgan fingerprint density at radius 3 is 2.52 bits per heavy atom. The highest BCUT2D eigenvalue weighted by Gasteiger charge is 2.13. The first-order valence-electron chi connectivity index (χ1n) is 6.82. The van der Waals surface area contributed by atoms with E-state index in [0.29, 0.717) is 22.6 Å². The number of hydrogen-bond acceptors (Lipinski definition) is 5. The van der Waals surface area contributed by atoms with E-state index < -0.39 is 11.9 Å². The molecule has 0 bridgehead atoms. The Morgan fingerprint density at radius 2 is 1.78 bits per heavy atom. The van der Waals surface area contributed by atoms with Crippen LogP contribution in [0.5, 0.6) is 11.5 Å². The molecule has 0 saturated heterocycles. The number of hydrogen-bond donors (Lipinski definition) is 1. The lowest BCUT2D eigenvalue weighted by atomic mass is 10.1. The molecule has 2 aromatic rings. The number of carboxylic acids is 1. The highest BCUT2D eigenvalue weighted by atomic mass is 16.7. The number of fused-ring (bicyclic) bond motifs is 1. The van der Waals surface area contributed by atoms with Crippen LogP contribution in [-0.4, -0.2) is 18.7 Å². The van der Waals surface area contributed by atoms with E-state index in [9.17, 15) is 14.7 Å². The zero-order valence-electron chi connectivity index (χ0n) is 11.9. The van der Waals surface area contributed by atoms with Crippen LogP contribution in [0.1, 0.15) is 15.9 Å². The first-order valence-corrected chi connectivity index (χ1v) is 6.82. The predicted octanol–water partition coefficient (Wildman–Crippen LogP) is 0.936. The van der Waals surface area contributed by atoms with Crippen LogP contribution in [0.15, 0.2) is 54.2 Å². The molecule has 1 heterocycles. The second kappa shape index (κ2) is 6.23. The molecule has 0 radical (unpaired) electrons. The molecule has 0 aliphatic carbocycles. The van der Waals surface area contributed by atoms with E-state index in [1.165, 1.54) is 6.08 Å². The summed E-state index contributed by atoms with van der Waals surface area (Å²) < 4.78 is 10.4. The predicted molar refractivity (Wildman–Crippen MR) is 79.5 cm³/mol. The van der Waals surface area contributed by atoms with Gasteiger partial charge in [-0.1, -0.05) is 24.3 Å². The number of aliphatic carboxylic acids is 1. The fourth-order valence-corrected chi connectivity index (χ4v) is 2.10. The Hall–Kier alpha value is -3.28. The lowest BCUT2D eigenvalue weighted by molar-refractivity contribution is -0.299. The standard InChI is InChI=1S/C17H13NO5/c19-16(12-4-2-1-3-5-12)18-13(17(20)21)8-11-6-7-14-15(9-11)23-10-22-14/h1-9H,10H2,(H,18,19)(H,20,21)/p-1. The maximum atomic E-state index is 12.0. The largest absolute Gasteiger partial charge is 0.543 e. The maximum Gasteiger partial charge on any atom is 0.255 e. The van der Waals surface area contributed by atoms with Crippen molar-refractivity contribution in [2.45, 2.75) is 0 Å². The van der Waals surface area contributed by atoms with Crippen molar-refractivity contribution in [1.82, 2.24) is 5.32 Å². The van der Waals surface area contributed by atoms with Gasteiger partial charge in [-0.15, -0.1) is 0 Å². The minimum absolute atomic E-state index is 0.126. The van der Waals surface area contributed by atoms with Gasteiger partial charge >= 0.3 is 0 Å². The molecule has 0 unspecified atom stereocenters. The Labute approximate surface area is 132 Å². The van der Waals surface area contributed by atoms with E-state index in [2.05, 4.69) is 5.32 Å². The SMILES string of the molecule is O=C([O-])C(=Cc1ccc2c(c1)OCO2)NC(=O)c1ccccc1. The van der Waals surface area contributed by atoms with Crippen molar-refractivity contribution >= 4 is 18.0 Å². The average Bonchev–Trinajstić information content (AvgIpc) is 3.02. The second-order valence-electron chi connectivity index (χ2n) is 4.78. The highest BCUT2D eigenvalue weighted by Crippen LogP contribution is 2.32. The van der Waals surface area contributed by atoms with Gasteiger partial charge in [0.2, 0.25) is 6.79 Å². The van der Waals surface area contributed by atoms with Gasteiger partial charge in [0.25, 0.3) is 5.91 Å². The van der Waals surface area contributed by atoms with Crippen LogP contribution in [0.2, 0.25) is 0 Å². The molecular weight excluding hydrogens is 298 g/mol. The van der Waals surface area contributed by atoms with E-state index in [1.807, 2.05) is 0 Å². The maximum absolute atomic E-state index is 12.0. The lowest BCUT2D eigenvalue weighted by Gasteiger charge is -2.11. The van der Waals surface area contributed by atoms with Crippen LogP contribution in [0.3, 0.4) is 0 Å². The van der Waals surface area contributed by atoms with Crippen molar-refractivity contribution in [3.05, 3.63) is 65.4 Å². The minimum Gasteiger partial charge on any atom is -0.543 e. The van der Waals surface area contributed by atoms with Crippen molar-refractivity contribution in [1.29, 1.82) is 0 Å². The fourth-order valence-electron chi connectivity index (χ4n) is 2.10. The van der Waals surface area contributed by atoms with Crippen molar-refractivity contribution in [3.63, 3.8) is 0 Å². The van der Waals surface area contributed by atoms with Crippen LogP contribution >= 0.6 is 0 Å². The number of benzene rings is 2. The number of carbonyl (C=O) groups is 2. The zero-order valence-corrected chi connectivity index (χ0v) is 11.9. The molecule has 0 saturated carbocycles. The molecule has 0 fully saturated rings. The highest BCUT2D eigenvalue weighted by molar-refractivity contribution is 6.02. The topological polar surface area (TPSA) is 87.7 Å². The van der Waals surface area contributed by atoms with Crippen molar-refractivity contribution in [2.75, 3.05) is 6.79 Å². The molecule has 2 aromatic carbocycles. The molecule has 1 N–H and O–H groups in total. The van der Waals surface area contributed by atoms with Gasteiger partial charge < -0.3 is 24.7 Å². The Kier molecular flexibility index (Phi) is 3.97. The van der Waals surface area contributed by atoms with Crippen LogP contribution in [-0.2, 0) is 4.79 Å². The van der Waals surface area contributed by atoms with Crippen molar-refractivity contribution in [2.24, 2.45) is 0 Å². The molecular formula is C17H12NO5-. The Bertz CT molecular complexity index is 783. The smallest absolute Gasteiger partial charge is 0.255 e. The molecule has 0 aromatic heterocycles. The number of carbonyl (C=O) groups excluding carboxylic acids is 2. The number of nitrogens with one attached hydrogen (secondary N) is 1. The zero-order chi connectivity index (χ0) is 16.2. The number of carboxylic acid groups (broad SMARTS) is 1. The lowest BCUT2D eigenvalue weighted by Crippen LogP contribution is -2.35. The van der Waals surface area contributed by atoms with Gasteiger partial charge in [-0.3, -0.25) is 4.79 Å². The number of ether oxygens (including phenoxy) is 2. The third kappa shape index (κ3) is 3.32. The van der Waals surface area contributed by atoms with E-state index in [4.69, 9.17) is 9.47 Å². The minimum atomic E-state index is -1.48. The van der Waals surface area contributed by atoms with Crippen LogP contribution < -0.4 is 19.9 Å². The summed E-state index contributed by atoms with van der Waals surface area (Å²) in [4.78, 5) is 23.3. The first kappa shape index (κ1) is 14.6. The van der Waals surface area contributed by atoms with Crippen molar-refractivity contribution in [3.8, 4) is 11.5 Å². The summed E-state index contributed by atoms with van der Waals surface area (Å²) in [6.07, 6.45) is 1.30. The molecule has 3 rings (SSSR count). The molecule has 0 spiro atoms.